The smallest absolute Gasteiger partial charge is 0.321 e. The topological polar surface area (TPSA) is 67.4 Å². The van der Waals surface area contributed by atoms with Crippen molar-refractivity contribution < 1.29 is 23.1 Å². The third-order valence-corrected chi connectivity index (χ3v) is 1.74. The number of imide groups is 1. The predicted octanol–water partition coefficient (Wildman–Crippen LogP) is 0.799. The molecule has 5 nitrogen and oxygen atoms in total. The summed E-state index contributed by atoms with van der Waals surface area (Å²) >= 11 is 0. The van der Waals surface area contributed by atoms with Gasteiger partial charge in [0.15, 0.2) is 18.2 Å². The molecule has 0 aliphatic carbocycles. The quantitative estimate of drug-likeness (QED) is 0.826. The molecule has 2 N–H and O–H groups in total. The molecule has 0 saturated heterocycles. The van der Waals surface area contributed by atoms with Gasteiger partial charge >= 0.3 is 6.03 Å². The number of nitrogens with one attached hydrogen (secondary N) is 2. The molecular formula is C10H10F2N2O3. The van der Waals surface area contributed by atoms with Crippen molar-refractivity contribution in [3.8, 4) is 5.75 Å². The van der Waals surface area contributed by atoms with E-state index in [2.05, 4.69) is 5.32 Å². The lowest BCUT2D eigenvalue weighted by atomic mass is 10.3. The Balaban J connectivity index is 2.47. The summed E-state index contributed by atoms with van der Waals surface area (Å²) in [7, 11) is 1.35. The average molecular weight is 244 g/mol. The van der Waals surface area contributed by atoms with Crippen LogP contribution in [0.25, 0.3) is 0 Å². The van der Waals surface area contributed by atoms with E-state index in [0.29, 0.717) is 0 Å². The third-order valence-electron chi connectivity index (χ3n) is 1.74. The molecule has 0 aromatic heterocycles. The molecule has 3 amide bonds. The van der Waals surface area contributed by atoms with Crippen LogP contribution in [0.4, 0.5) is 13.6 Å². The fourth-order valence-corrected chi connectivity index (χ4v) is 0.941. The van der Waals surface area contributed by atoms with Gasteiger partial charge in [0, 0.05) is 13.1 Å². The Morgan fingerprint density at radius 1 is 1.29 bits per heavy atom. The number of amides is 3. The molecule has 0 unspecified atom stereocenters. The van der Waals surface area contributed by atoms with Gasteiger partial charge in [-0.15, -0.1) is 0 Å². The first-order valence-electron chi connectivity index (χ1n) is 4.62. The van der Waals surface area contributed by atoms with Crippen molar-refractivity contribution in [2.24, 2.45) is 0 Å². The van der Waals surface area contributed by atoms with Crippen LogP contribution in [0.3, 0.4) is 0 Å². The maximum absolute atomic E-state index is 12.7. The molecule has 0 fully saturated rings. The summed E-state index contributed by atoms with van der Waals surface area (Å²) < 4.78 is 30.2. The van der Waals surface area contributed by atoms with E-state index < -0.39 is 30.2 Å². The monoisotopic (exact) mass is 244 g/mol. The molecule has 1 rings (SSSR count). The van der Waals surface area contributed by atoms with E-state index in [1.807, 2.05) is 5.32 Å². The molecule has 0 aliphatic heterocycles. The number of benzene rings is 1. The van der Waals surface area contributed by atoms with E-state index in [9.17, 15) is 18.4 Å². The van der Waals surface area contributed by atoms with Gasteiger partial charge in [-0.2, -0.15) is 0 Å². The van der Waals surface area contributed by atoms with Crippen molar-refractivity contribution in [1.82, 2.24) is 10.6 Å². The number of ether oxygens (including phenoxy) is 1. The van der Waals surface area contributed by atoms with Crippen molar-refractivity contribution in [2.45, 2.75) is 0 Å². The van der Waals surface area contributed by atoms with Crippen molar-refractivity contribution in [3.05, 3.63) is 29.8 Å². The minimum atomic E-state index is -1.07. The molecule has 7 heteroatoms. The molecule has 0 aliphatic rings. The Bertz CT molecular complexity index is 438. The Hall–Kier alpha value is -2.18. The van der Waals surface area contributed by atoms with Crippen LogP contribution in [0.15, 0.2) is 18.2 Å². The first-order chi connectivity index (χ1) is 8.02. The molecule has 92 valence electrons. The number of hydrogen-bond donors (Lipinski definition) is 2. The number of rotatable bonds is 3. The number of halogens is 2. The van der Waals surface area contributed by atoms with Crippen molar-refractivity contribution >= 4 is 11.9 Å². The van der Waals surface area contributed by atoms with Gasteiger partial charge in [0.25, 0.3) is 5.91 Å². The zero-order chi connectivity index (χ0) is 12.8. The van der Waals surface area contributed by atoms with E-state index in [0.717, 1.165) is 12.1 Å². The van der Waals surface area contributed by atoms with Crippen LogP contribution in [0.5, 0.6) is 5.75 Å². The molecule has 0 atom stereocenters. The number of hydrogen-bond acceptors (Lipinski definition) is 3. The molecule has 0 bridgehead atoms. The summed E-state index contributed by atoms with van der Waals surface area (Å²) in [6.07, 6.45) is 0. The maximum Gasteiger partial charge on any atom is 0.321 e. The van der Waals surface area contributed by atoms with E-state index in [-0.39, 0.29) is 5.75 Å². The van der Waals surface area contributed by atoms with Crippen LogP contribution < -0.4 is 15.4 Å². The summed E-state index contributed by atoms with van der Waals surface area (Å²) in [4.78, 5) is 21.8. The Morgan fingerprint density at radius 3 is 2.59 bits per heavy atom. The summed E-state index contributed by atoms with van der Waals surface area (Å²) in [5, 5.41) is 4.12. The standard InChI is InChI=1S/C10H10F2N2O3/c1-13-10(16)14-9(15)5-17-6-2-3-7(11)8(12)4-6/h2-4H,5H2,1H3,(H2,13,14,15,16). The van der Waals surface area contributed by atoms with Crippen LogP contribution in [-0.4, -0.2) is 25.6 Å². The first-order valence-corrected chi connectivity index (χ1v) is 4.62. The fraction of sp³-hybridized carbons (Fsp3) is 0.200. The minimum Gasteiger partial charge on any atom is -0.484 e. The van der Waals surface area contributed by atoms with Crippen molar-refractivity contribution in [1.29, 1.82) is 0 Å². The highest BCUT2D eigenvalue weighted by atomic mass is 19.2. The summed E-state index contributed by atoms with van der Waals surface area (Å²) in [6, 6.07) is 2.18. The van der Waals surface area contributed by atoms with Gasteiger partial charge in [0.1, 0.15) is 5.75 Å². The van der Waals surface area contributed by atoms with Crippen LogP contribution in [-0.2, 0) is 4.79 Å². The largest absolute Gasteiger partial charge is 0.484 e. The van der Waals surface area contributed by atoms with E-state index >= 15 is 0 Å². The highest BCUT2D eigenvalue weighted by molar-refractivity contribution is 5.94. The van der Waals surface area contributed by atoms with Crippen LogP contribution in [0.1, 0.15) is 0 Å². The molecule has 1 aromatic carbocycles. The molecule has 0 heterocycles. The van der Waals surface area contributed by atoms with Gasteiger partial charge < -0.3 is 10.1 Å². The van der Waals surface area contributed by atoms with E-state index in [4.69, 9.17) is 4.74 Å². The van der Waals surface area contributed by atoms with E-state index in [1.54, 1.807) is 0 Å². The second-order valence-electron chi connectivity index (χ2n) is 2.99. The molecule has 0 spiro atoms. The number of carbonyl (C=O) groups excluding carboxylic acids is 2. The van der Waals surface area contributed by atoms with Crippen molar-refractivity contribution in [3.63, 3.8) is 0 Å². The Labute approximate surface area is 95.8 Å². The molecule has 1 aromatic rings. The van der Waals surface area contributed by atoms with E-state index in [1.165, 1.54) is 13.1 Å². The average Bonchev–Trinajstić information content (AvgIpc) is 2.30. The van der Waals surface area contributed by atoms with Gasteiger partial charge in [-0.3, -0.25) is 10.1 Å². The SMILES string of the molecule is CNC(=O)NC(=O)COc1ccc(F)c(F)c1. The summed E-state index contributed by atoms with van der Waals surface area (Å²) in [5.74, 6) is -2.79. The minimum absolute atomic E-state index is 0.00374. The Kier molecular flexibility index (Phi) is 4.38. The van der Waals surface area contributed by atoms with Crippen molar-refractivity contribution in [2.75, 3.05) is 13.7 Å². The molecule has 17 heavy (non-hydrogen) atoms. The first kappa shape index (κ1) is 12.9. The summed E-state index contributed by atoms with van der Waals surface area (Å²) in [5.41, 5.74) is 0. The highest BCUT2D eigenvalue weighted by Gasteiger charge is 2.08. The van der Waals surface area contributed by atoms with Crippen LogP contribution >= 0.6 is 0 Å². The van der Waals surface area contributed by atoms with Crippen LogP contribution in [0.2, 0.25) is 0 Å². The van der Waals surface area contributed by atoms with Crippen LogP contribution in [0, 0.1) is 11.6 Å². The zero-order valence-corrected chi connectivity index (χ0v) is 8.92. The zero-order valence-electron chi connectivity index (χ0n) is 8.92. The fourth-order valence-electron chi connectivity index (χ4n) is 0.941. The highest BCUT2D eigenvalue weighted by Crippen LogP contribution is 2.14. The molecule has 0 saturated carbocycles. The normalized spacial score (nSPS) is 9.59. The Morgan fingerprint density at radius 2 is 2.00 bits per heavy atom. The van der Waals surface area contributed by atoms with Gasteiger partial charge in [-0.1, -0.05) is 0 Å². The predicted molar refractivity (Wildman–Crippen MR) is 54.5 cm³/mol. The van der Waals surface area contributed by atoms with Gasteiger partial charge in [-0.25, -0.2) is 13.6 Å². The van der Waals surface area contributed by atoms with Gasteiger partial charge in [0.2, 0.25) is 0 Å². The number of carbonyl (C=O) groups is 2. The lowest BCUT2D eigenvalue weighted by molar-refractivity contribution is -0.122. The van der Waals surface area contributed by atoms with Gasteiger partial charge in [-0.05, 0) is 12.1 Å². The second-order valence-corrected chi connectivity index (χ2v) is 2.99. The lowest BCUT2D eigenvalue weighted by Gasteiger charge is -2.06. The lowest BCUT2D eigenvalue weighted by Crippen LogP contribution is -2.39. The second kappa shape index (κ2) is 5.78. The van der Waals surface area contributed by atoms with Gasteiger partial charge in [0.05, 0.1) is 0 Å². The molecular weight excluding hydrogens is 234 g/mol. The third kappa shape index (κ3) is 4.06. The maximum atomic E-state index is 12.7. The molecule has 0 radical (unpaired) electrons. The summed E-state index contributed by atoms with van der Waals surface area (Å²) in [6.45, 7) is -0.474. The number of urea groups is 1.